The number of carboxylic acids is 1. The van der Waals surface area contributed by atoms with Crippen molar-refractivity contribution in [1.29, 1.82) is 0 Å². The van der Waals surface area contributed by atoms with Crippen LogP contribution in [0.15, 0.2) is 24.3 Å². The van der Waals surface area contributed by atoms with Crippen LogP contribution in [0.1, 0.15) is 83.5 Å². The van der Waals surface area contributed by atoms with Gasteiger partial charge in [-0.05, 0) is 37.8 Å². The second kappa shape index (κ2) is 16.9. The van der Waals surface area contributed by atoms with E-state index < -0.39 is 14.7 Å². The summed E-state index contributed by atoms with van der Waals surface area (Å²) in [5, 5.41) is 11.5. The highest BCUT2D eigenvalue weighted by molar-refractivity contribution is 8.29. The van der Waals surface area contributed by atoms with Gasteiger partial charge in [0, 0.05) is 29.8 Å². The first-order chi connectivity index (χ1) is 15.3. The normalized spacial score (nSPS) is 12.8. The van der Waals surface area contributed by atoms with Crippen LogP contribution in [0, 0.1) is 0 Å². The van der Waals surface area contributed by atoms with Crippen LogP contribution < -0.4 is 10.1 Å². The Morgan fingerprint density at radius 3 is 2.03 bits per heavy atom. The van der Waals surface area contributed by atoms with E-state index in [1.807, 2.05) is 12.1 Å². The molecule has 32 heavy (non-hydrogen) atoms. The Hall–Kier alpha value is -1.71. The molecule has 0 bridgehead atoms. The van der Waals surface area contributed by atoms with Gasteiger partial charge >= 0.3 is 5.97 Å². The van der Waals surface area contributed by atoms with Crippen molar-refractivity contribution >= 4 is 37.5 Å². The number of rotatable bonds is 19. The largest absolute Gasteiger partial charge is 0.491 e. The third-order valence-corrected chi connectivity index (χ3v) is 6.31. The van der Waals surface area contributed by atoms with Gasteiger partial charge in [-0.15, -0.1) is 0 Å². The second-order valence-corrected chi connectivity index (χ2v) is 11.1. The van der Waals surface area contributed by atoms with Gasteiger partial charge in [0.05, 0.1) is 12.3 Å². The number of carbonyl (C=O) groups excluding carboxylic acids is 1. The average Bonchev–Trinajstić information content (AvgIpc) is 2.72. The van der Waals surface area contributed by atoms with Crippen LogP contribution >= 0.6 is 0 Å². The predicted octanol–water partition coefficient (Wildman–Crippen LogP) is 5.38. The third kappa shape index (κ3) is 16.0. The number of hydrogen-bond acceptors (Lipinski definition) is 5. The van der Waals surface area contributed by atoms with Crippen LogP contribution in [0.3, 0.4) is 0 Å². The number of ether oxygens (including phenoxy) is 1. The minimum absolute atomic E-state index is 0.0365. The molecule has 3 N–H and O–H groups in total. The standard InChI is InChI=1S/C23H37NO6S2/c25-22(16-8-6-4-2-1-3-5-7-9-17-23(26)27)24-20-14-10-11-15-21(20)30-18-12-13-19-32(28,29)31/h10-11,14-15H,1-9,12-13,16-19H2,(H,24,25)(H,26,27)(H,28,29,31). The molecule has 7 nitrogen and oxygen atoms in total. The van der Waals surface area contributed by atoms with E-state index in [4.69, 9.17) is 14.4 Å². The van der Waals surface area contributed by atoms with Gasteiger partial charge in [0.2, 0.25) is 5.91 Å². The van der Waals surface area contributed by atoms with Crippen LogP contribution in [-0.2, 0) is 29.6 Å². The van der Waals surface area contributed by atoms with Gasteiger partial charge in [0.15, 0.2) is 0 Å². The van der Waals surface area contributed by atoms with Crippen molar-refractivity contribution in [1.82, 2.24) is 0 Å². The van der Waals surface area contributed by atoms with Gasteiger partial charge in [-0.1, -0.05) is 57.1 Å². The van der Waals surface area contributed by atoms with Crippen molar-refractivity contribution in [3.05, 3.63) is 24.3 Å². The van der Waals surface area contributed by atoms with E-state index in [9.17, 15) is 13.8 Å². The van der Waals surface area contributed by atoms with Crippen molar-refractivity contribution in [2.75, 3.05) is 17.7 Å². The summed E-state index contributed by atoms with van der Waals surface area (Å²) in [4.78, 5) is 22.7. The van der Waals surface area contributed by atoms with Crippen molar-refractivity contribution in [2.45, 2.75) is 83.5 Å². The molecule has 0 saturated heterocycles. The van der Waals surface area contributed by atoms with E-state index in [-0.39, 0.29) is 18.1 Å². The molecular formula is C23H37NO6S2. The molecule has 1 atom stereocenters. The third-order valence-electron chi connectivity index (χ3n) is 5.01. The van der Waals surface area contributed by atoms with Gasteiger partial charge in [-0.3, -0.25) is 9.59 Å². The predicted molar refractivity (Wildman–Crippen MR) is 131 cm³/mol. The molecule has 0 aliphatic rings. The highest BCUT2D eigenvalue weighted by atomic mass is 32.8. The van der Waals surface area contributed by atoms with Gasteiger partial charge in [0.25, 0.3) is 0 Å². The first-order valence-corrected chi connectivity index (χ1v) is 14.1. The Morgan fingerprint density at radius 2 is 1.44 bits per heavy atom. The monoisotopic (exact) mass is 487 g/mol. The Labute approximate surface area is 196 Å². The lowest BCUT2D eigenvalue weighted by molar-refractivity contribution is -0.137. The number of carbonyl (C=O) groups is 2. The molecule has 1 aromatic rings. The number of benzene rings is 1. The summed E-state index contributed by atoms with van der Waals surface area (Å²) in [7, 11) is -3.11. The first kappa shape index (κ1) is 28.3. The summed E-state index contributed by atoms with van der Waals surface area (Å²) >= 11 is 4.47. The molecule has 0 saturated carbocycles. The quantitative estimate of drug-likeness (QED) is 0.225. The maximum Gasteiger partial charge on any atom is 0.303 e. The number of para-hydroxylation sites is 2. The summed E-state index contributed by atoms with van der Waals surface area (Å²) in [6.07, 6.45) is 11.1. The lowest BCUT2D eigenvalue weighted by Gasteiger charge is -2.12. The van der Waals surface area contributed by atoms with Gasteiger partial charge < -0.3 is 19.7 Å². The molecule has 0 spiro atoms. The first-order valence-electron chi connectivity index (χ1n) is 11.5. The molecule has 1 rings (SSSR count). The Morgan fingerprint density at radius 1 is 0.875 bits per heavy atom. The number of aliphatic carboxylic acids is 1. The molecule has 0 radical (unpaired) electrons. The number of hydrogen-bond donors (Lipinski definition) is 3. The van der Waals surface area contributed by atoms with Crippen LogP contribution in [0.4, 0.5) is 5.69 Å². The Bertz CT molecular complexity index is 782. The topological polar surface area (TPSA) is 113 Å². The SMILES string of the molecule is O=C(O)CCCCCCCCCCCC(=O)Nc1ccccc1OCCCCS(=O)(O)=S. The molecule has 9 heteroatoms. The molecule has 1 amide bonds. The van der Waals surface area contributed by atoms with Crippen molar-refractivity contribution in [2.24, 2.45) is 0 Å². The number of amides is 1. The highest BCUT2D eigenvalue weighted by Gasteiger charge is 2.08. The van der Waals surface area contributed by atoms with E-state index >= 15 is 0 Å². The summed E-state index contributed by atoms with van der Waals surface area (Å²) in [6.45, 7) is 0.386. The average molecular weight is 488 g/mol. The van der Waals surface area contributed by atoms with Crippen molar-refractivity contribution < 1.29 is 28.2 Å². The molecule has 0 heterocycles. The molecule has 1 unspecified atom stereocenters. The smallest absolute Gasteiger partial charge is 0.303 e. The fourth-order valence-electron chi connectivity index (χ4n) is 3.28. The molecular weight excluding hydrogens is 450 g/mol. The van der Waals surface area contributed by atoms with Crippen LogP contribution in [-0.4, -0.2) is 38.1 Å². The lowest BCUT2D eigenvalue weighted by atomic mass is 10.1. The zero-order chi connectivity index (χ0) is 23.7. The molecule has 0 aliphatic heterocycles. The molecule has 0 fully saturated rings. The molecule has 0 aliphatic carbocycles. The Balaban J connectivity index is 2.13. The van der Waals surface area contributed by atoms with E-state index in [1.54, 1.807) is 12.1 Å². The summed E-state index contributed by atoms with van der Waals surface area (Å²) in [5.74, 6) is -0.0832. The van der Waals surface area contributed by atoms with E-state index in [2.05, 4.69) is 16.5 Å². The van der Waals surface area contributed by atoms with Crippen molar-refractivity contribution in [3.63, 3.8) is 0 Å². The van der Waals surface area contributed by atoms with Crippen LogP contribution in [0.5, 0.6) is 5.75 Å². The minimum Gasteiger partial charge on any atom is -0.491 e. The zero-order valence-electron chi connectivity index (χ0n) is 18.8. The van der Waals surface area contributed by atoms with Gasteiger partial charge in [-0.2, -0.15) is 0 Å². The maximum absolute atomic E-state index is 12.3. The fourth-order valence-corrected chi connectivity index (χ4v) is 4.20. The van der Waals surface area contributed by atoms with E-state index in [0.29, 0.717) is 37.3 Å². The van der Waals surface area contributed by atoms with Gasteiger partial charge in [0.1, 0.15) is 14.5 Å². The summed E-state index contributed by atoms with van der Waals surface area (Å²) in [5.41, 5.74) is 0.634. The highest BCUT2D eigenvalue weighted by Crippen LogP contribution is 2.24. The lowest BCUT2D eigenvalue weighted by Crippen LogP contribution is -2.12. The summed E-state index contributed by atoms with van der Waals surface area (Å²) < 4.78 is 25.9. The summed E-state index contributed by atoms with van der Waals surface area (Å²) in [6, 6.07) is 7.26. The second-order valence-electron chi connectivity index (χ2n) is 7.96. The Kier molecular flexibility index (Phi) is 14.9. The number of carboxylic acid groups (broad SMARTS) is 1. The van der Waals surface area contributed by atoms with Crippen molar-refractivity contribution in [3.8, 4) is 5.75 Å². The van der Waals surface area contributed by atoms with Crippen LogP contribution in [0.2, 0.25) is 0 Å². The van der Waals surface area contributed by atoms with Gasteiger partial charge in [-0.25, -0.2) is 4.21 Å². The molecule has 1 aromatic carbocycles. The molecule has 0 aromatic heterocycles. The zero-order valence-corrected chi connectivity index (χ0v) is 20.4. The van der Waals surface area contributed by atoms with E-state index in [1.165, 1.54) is 0 Å². The minimum atomic E-state index is -3.11. The fraction of sp³-hybridized carbons (Fsp3) is 0.652. The maximum atomic E-state index is 12.3. The number of unbranched alkanes of at least 4 members (excludes halogenated alkanes) is 9. The number of anilines is 1. The van der Waals surface area contributed by atoms with Crippen LogP contribution in [0.25, 0.3) is 0 Å². The molecule has 182 valence electrons. The number of nitrogens with one attached hydrogen (secondary N) is 1. The van der Waals surface area contributed by atoms with E-state index in [0.717, 1.165) is 57.8 Å².